The Labute approximate surface area is 257 Å². The zero-order valence-electron chi connectivity index (χ0n) is 27.6. The summed E-state index contributed by atoms with van der Waals surface area (Å²) in [6.07, 6.45) is 0.917. The molecule has 1 aliphatic rings. The summed E-state index contributed by atoms with van der Waals surface area (Å²) in [4.78, 5) is 72.1. The second-order valence-electron chi connectivity index (χ2n) is 13.4. The minimum Gasteiger partial charge on any atom is -0.342 e. The van der Waals surface area contributed by atoms with E-state index >= 15 is 0 Å². The van der Waals surface area contributed by atoms with Crippen LogP contribution in [0.3, 0.4) is 0 Å². The van der Waals surface area contributed by atoms with Gasteiger partial charge in [-0.15, -0.1) is 0 Å². The van der Waals surface area contributed by atoms with Gasteiger partial charge in [0.1, 0.15) is 30.2 Å². The number of rotatable bonds is 8. The Bertz CT molecular complexity index is 1120. The number of hydrogen-bond acceptors (Lipinski definition) is 5. The molecule has 0 bridgehead atoms. The molecule has 0 saturated carbocycles. The van der Waals surface area contributed by atoms with Crippen LogP contribution in [0.2, 0.25) is 0 Å². The largest absolute Gasteiger partial charge is 0.342 e. The quantitative estimate of drug-likeness (QED) is 0.424. The van der Waals surface area contributed by atoms with Crippen molar-refractivity contribution >= 4 is 29.5 Å². The Balaban J connectivity index is 2.71. The van der Waals surface area contributed by atoms with Gasteiger partial charge in [-0.05, 0) is 42.1 Å². The van der Waals surface area contributed by atoms with E-state index < -0.39 is 59.7 Å². The molecule has 0 aliphatic carbocycles. The number of hydrogen-bond donors (Lipinski definition) is 3. The van der Waals surface area contributed by atoms with Gasteiger partial charge >= 0.3 is 0 Å². The van der Waals surface area contributed by atoms with Crippen molar-refractivity contribution in [2.75, 3.05) is 14.1 Å². The Kier molecular flexibility index (Phi) is 13.2. The molecule has 5 amide bonds. The molecular formula is C33H53N5O5. The molecule has 0 radical (unpaired) electrons. The van der Waals surface area contributed by atoms with Crippen LogP contribution in [-0.2, 0) is 30.4 Å². The van der Waals surface area contributed by atoms with E-state index in [2.05, 4.69) is 16.0 Å². The fraction of sp³-hybridized carbons (Fsp3) is 0.667. The van der Waals surface area contributed by atoms with Crippen LogP contribution >= 0.6 is 0 Å². The van der Waals surface area contributed by atoms with Crippen LogP contribution < -0.4 is 16.0 Å². The number of nitrogens with one attached hydrogen (secondary N) is 3. The molecule has 0 spiro atoms. The molecule has 240 valence electrons. The highest BCUT2D eigenvalue weighted by Gasteiger charge is 2.40. The van der Waals surface area contributed by atoms with Crippen molar-refractivity contribution < 1.29 is 24.0 Å². The highest BCUT2D eigenvalue weighted by Crippen LogP contribution is 2.19. The van der Waals surface area contributed by atoms with Crippen molar-refractivity contribution in [1.82, 2.24) is 25.8 Å². The molecule has 0 aromatic heterocycles. The maximum absolute atomic E-state index is 14.1. The van der Waals surface area contributed by atoms with Crippen molar-refractivity contribution in [3.63, 3.8) is 0 Å². The number of benzene rings is 1. The lowest BCUT2D eigenvalue weighted by molar-refractivity contribution is -0.145. The summed E-state index contributed by atoms with van der Waals surface area (Å²) in [6, 6.07) is 4.78. The molecule has 1 aromatic carbocycles. The first-order valence-corrected chi connectivity index (χ1v) is 15.5. The van der Waals surface area contributed by atoms with E-state index in [1.54, 1.807) is 14.1 Å². The van der Waals surface area contributed by atoms with Gasteiger partial charge in [-0.25, -0.2) is 0 Å². The van der Waals surface area contributed by atoms with E-state index in [1.807, 2.05) is 85.7 Å². The predicted molar refractivity (Wildman–Crippen MR) is 168 cm³/mol. The molecule has 3 N–H and O–H groups in total. The number of carbonyl (C=O) groups excluding carboxylic acids is 5. The lowest BCUT2D eigenvalue weighted by atomic mass is 9.97. The van der Waals surface area contributed by atoms with Gasteiger partial charge < -0.3 is 25.8 Å². The molecular weight excluding hydrogens is 546 g/mol. The fourth-order valence-electron chi connectivity index (χ4n) is 5.61. The van der Waals surface area contributed by atoms with Crippen molar-refractivity contribution in [3.8, 4) is 0 Å². The van der Waals surface area contributed by atoms with Crippen LogP contribution in [0.25, 0.3) is 0 Å². The molecule has 2 rings (SSSR count). The first kappa shape index (κ1) is 35.8. The van der Waals surface area contributed by atoms with E-state index in [-0.39, 0.29) is 30.1 Å². The zero-order valence-corrected chi connectivity index (χ0v) is 27.6. The second kappa shape index (κ2) is 15.9. The summed E-state index contributed by atoms with van der Waals surface area (Å²) in [7, 11) is 3.12. The average molecular weight is 600 g/mol. The molecule has 1 heterocycles. The third-order valence-electron chi connectivity index (χ3n) is 7.95. The number of carbonyl (C=O) groups is 5. The molecule has 1 aliphatic heterocycles. The summed E-state index contributed by atoms with van der Waals surface area (Å²) < 4.78 is 0. The third kappa shape index (κ3) is 9.79. The van der Waals surface area contributed by atoms with Gasteiger partial charge in [0.05, 0.1) is 0 Å². The molecule has 5 atom stereocenters. The molecule has 1 saturated heterocycles. The average Bonchev–Trinajstić information content (AvgIpc) is 2.91. The highest BCUT2D eigenvalue weighted by molar-refractivity contribution is 5.98. The van der Waals surface area contributed by atoms with Crippen LogP contribution in [0.5, 0.6) is 0 Å². The standard InChI is InChI=1S/C33H53N5O5/c1-19(2)16-24-29(39)36-27(21(5)6)33(43)37(9)26(17-20(3)4)30(40)35-25(18-23-14-12-11-13-15-23)32(42)38(10)28(22(7)8)31(41)34-24/h11-15,19-22,24-28H,16-18H2,1-10H3,(H,34,41)(H,35,40)(H,36,39)/t24-,25-,26-,27-,28-/m0/s1. The Morgan fingerprint density at radius 3 is 1.70 bits per heavy atom. The van der Waals surface area contributed by atoms with Crippen LogP contribution in [0.15, 0.2) is 30.3 Å². The third-order valence-corrected chi connectivity index (χ3v) is 7.95. The van der Waals surface area contributed by atoms with Gasteiger partial charge in [0.2, 0.25) is 29.5 Å². The van der Waals surface area contributed by atoms with Crippen LogP contribution in [-0.4, -0.2) is 83.6 Å². The monoisotopic (exact) mass is 599 g/mol. The summed E-state index contributed by atoms with van der Waals surface area (Å²) in [5.74, 6) is -2.67. The lowest BCUT2D eigenvalue weighted by Gasteiger charge is -2.35. The van der Waals surface area contributed by atoms with E-state index in [0.29, 0.717) is 12.8 Å². The van der Waals surface area contributed by atoms with Crippen molar-refractivity contribution in [2.45, 2.75) is 105 Å². The van der Waals surface area contributed by atoms with Gasteiger partial charge in [0, 0.05) is 20.5 Å². The van der Waals surface area contributed by atoms with Crippen molar-refractivity contribution in [3.05, 3.63) is 35.9 Å². The van der Waals surface area contributed by atoms with E-state index in [1.165, 1.54) is 9.80 Å². The Hall–Kier alpha value is -3.43. The first-order chi connectivity index (χ1) is 20.0. The summed E-state index contributed by atoms with van der Waals surface area (Å²) in [5.41, 5.74) is 0.842. The van der Waals surface area contributed by atoms with Crippen molar-refractivity contribution in [1.29, 1.82) is 0 Å². The maximum atomic E-state index is 14.1. The number of amides is 5. The van der Waals surface area contributed by atoms with Gasteiger partial charge in [0.15, 0.2) is 0 Å². The zero-order chi connectivity index (χ0) is 32.6. The van der Waals surface area contributed by atoms with Gasteiger partial charge in [0.25, 0.3) is 0 Å². The van der Waals surface area contributed by atoms with Crippen molar-refractivity contribution in [2.24, 2.45) is 23.7 Å². The summed E-state index contributed by atoms with van der Waals surface area (Å²) >= 11 is 0. The predicted octanol–water partition coefficient (Wildman–Crippen LogP) is 2.76. The van der Waals surface area contributed by atoms with Crippen LogP contribution in [0, 0.1) is 23.7 Å². The number of nitrogens with zero attached hydrogens (tertiary/aromatic N) is 2. The summed E-state index contributed by atoms with van der Waals surface area (Å²) in [5, 5.41) is 8.71. The van der Waals surface area contributed by atoms with Gasteiger partial charge in [-0.3, -0.25) is 24.0 Å². The van der Waals surface area contributed by atoms with Gasteiger partial charge in [-0.1, -0.05) is 85.7 Å². The number of likely N-dealkylation sites (N-methyl/N-ethyl adjacent to an activating group) is 2. The second-order valence-corrected chi connectivity index (χ2v) is 13.4. The maximum Gasteiger partial charge on any atom is 0.245 e. The van der Waals surface area contributed by atoms with E-state index in [9.17, 15) is 24.0 Å². The van der Waals surface area contributed by atoms with E-state index in [0.717, 1.165) is 5.56 Å². The van der Waals surface area contributed by atoms with Crippen LogP contribution in [0.1, 0.15) is 73.8 Å². The van der Waals surface area contributed by atoms with Crippen LogP contribution in [0.4, 0.5) is 0 Å². The molecule has 1 fully saturated rings. The summed E-state index contributed by atoms with van der Waals surface area (Å²) in [6.45, 7) is 15.2. The SMILES string of the molecule is CC(C)C[C@@H]1NC(=O)[C@H](C(C)C)N(C)C(=O)[C@H](Cc2ccccc2)NC(=O)[C@H](CC(C)C)N(C)C(=O)[C@H](C(C)C)NC1=O. The minimum absolute atomic E-state index is 0.0636. The smallest absolute Gasteiger partial charge is 0.245 e. The normalized spacial score (nSPS) is 25.2. The molecule has 10 nitrogen and oxygen atoms in total. The Morgan fingerprint density at radius 2 is 1.19 bits per heavy atom. The fourth-order valence-corrected chi connectivity index (χ4v) is 5.61. The molecule has 1 aromatic rings. The minimum atomic E-state index is -0.982. The molecule has 10 heteroatoms. The first-order valence-electron chi connectivity index (χ1n) is 15.5. The van der Waals surface area contributed by atoms with E-state index in [4.69, 9.17) is 0 Å². The molecule has 43 heavy (non-hydrogen) atoms. The van der Waals surface area contributed by atoms with Gasteiger partial charge in [-0.2, -0.15) is 0 Å². The molecule has 0 unspecified atom stereocenters. The lowest BCUT2D eigenvalue weighted by Crippen LogP contribution is -2.59. The Morgan fingerprint density at radius 1 is 0.628 bits per heavy atom. The topological polar surface area (TPSA) is 128 Å². The highest BCUT2D eigenvalue weighted by atomic mass is 16.2.